The fourth-order valence-corrected chi connectivity index (χ4v) is 5.77. The van der Waals surface area contributed by atoms with Crippen LogP contribution < -0.4 is 15.8 Å². The third kappa shape index (κ3) is 7.10. The Morgan fingerprint density at radius 3 is 2.62 bits per heavy atom. The van der Waals surface area contributed by atoms with Gasteiger partial charge >= 0.3 is 0 Å². The Morgan fingerprint density at radius 1 is 1.15 bits per heavy atom. The summed E-state index contributed by atoms with van der Waals surface area (Å²) in [4.78, 5) is 29.9. The Labute approximate surface area is 238 Å². The van der Waals surface area contributed by atoms with Crippen LogP contribution in [0.2, 0.25) is 0 Å². The Kier molecular flexibility index (Phi) is 9.98. The van der Waals surface area contributed by atoms with Gasteiger partial charge in [-0.25, -0.2) is 9.97 Å². The average Bonchev–Trinajstić information content (AvgIpc) is 3.36. The fraction of sp³-hybridized carbons (Fsp3) is 0.345. The number of pyridine rings is 1. The van der Waals surface area contributed by atoms with Gasteiger partial charge in [0, 0.05) is 60.4 Å². The van der Waals surface area contributed by atoms with Crippen LogP contribution in [0.15, 0.2) is 43.0 Å². The number of fused-ring (bicyclic) bond motifs is 3. The number of anilines is 3. The molecule has 0 saturated carbocycles. The first-order chi connectivity index (χ1) is 19.4. The number of aryl methyl sites for hydroxylation is 2. The summed E-state index contributed by atoms with van der Waals surface area (Å²) in [6.45, 7) is 2.28. The lowest BCUT2D eigenvalue weighted by atomic mass is 9.97. The molecule has 5 rings (SSSR count). The molecular formula is C29H36N8O2S. The molecule has 0 spiro atoms. The van der Waals surface area contributed by atoms with Gasteiger partial charge in [-0.05, 0) is 69.1 Å². The minimum Gasteiger partial charge on any atom is -0.494 e. The molecule has 1 amide bonds. The van der Waals surface area contributed by atoms with Gasteiger partial charge in [0.1, 0.15) is 22.7 Å². The molecule has 0 atom stereocenters. The Morgan fingerprint density at radius 2 is 1.93 bits per heavy atom. The molecular weight excluding hydrogens is 524 g/mol. The quantitative estimate of drug-likeness (QED) is 0.147. The number of nitrogen functional groups attached to an aromatic ring is 1. The van der Waals surface area contributed by atoms with Crippen LogP contribution in [0.3, 0.4) is 0 Å². The number of likely N-dealkylation sites (N-methyl/N-ethyl adjacent to an activating group) is 1. The predicted octanol–water partition coefficient (Wildman–Crippen LogP) is 4.50. The van der Waals surface area contributed by atoms with Crippen LogP contribution in [-0.4, -0.2) is 71.7 Å². The second-order valence-corrected chi connectivity index (χ2v) is 10.9. The number of carbonyl (C=O) groups excluding carboxylic acids is 1. The topological polar surface area (TPSA) is 133 Å². The molecule has 4 aromatic rings. The van der Waals surface area contributed by atoms with E-state index < -0.39 is 0 Å². The second-order valence-electron chi connectivity index (χ2n) is 9.80. The summed E-state index contributed by atoms with van der Waals surface area (Å²) in [7, 11) is 5.59. The van der Waals surface area contributed by atoms with Crippen LogP contribution in [0.5, 0.6) is 5.75 Å². The summed E-state index contributed by atoms with van der Waals surface area (Å²) in [5, 5.41) is 12.0. The number of aromatic nitrogens is 3. The van der Waals surface area contributed by atoms with Crippen LogP contribution in [0.25, 0.3) is 10.2 Å². The standard InChI is InChI=1S/C18H19N5OS.C11H17N3O/c1-24-14-7-12(20)10(8-19)6-13(14)23-17-16-11-4-2-3-5-15(11)25-18(16)22-9-21-17;1-13(2)7-8-14(10-15)9-11-3-5-12-6-4-11/h6-9,19H,2-5,20H2,1H3,(H,21,22,23);3-6,10H,7-9H2,1-2H3. The summed E-state index contributed by atoms with van der Waals surface area (Å²) in [6.07, 6.45) is 11.8. The van der Waals surface area contributed by atoms with E-state index in [1.54, 1.807) is 48.1 Å². The smallest absolute Gasteiger partial charge is 0.210 e. The van der Waals surface area contributed by atoms with E-state index in [0.29, 0.717) is 23.5 Å². The molecule has 0 radical (unpaired) electrons. The highest BCUT2D eigenvalue weighted by Gasteiger charge is 2.20. The SMILES string of the molecule is CN(C)CCN(C=O)Cc1ccncc1.COc1cc(N)c(C=N)cc1Nc1ncnc2sc3c(c12)CCCC3. The molecule has 4 N–H and O–H groups in total. The number of methoxy groups -OCH3 is 1. The molecule has 1 aromatic carbocycles. The number of benzene rings is 1. The van der Waals surface area contributed by atoms with Gasteiger partial charge in [-0.1, -0.05) is 0 Å². The molecule has 3 aromatic heterocycles. The zero-order valence-electron chi connectivity index (χ0n) is 23.2. The number of ether oxygens (including phenoxy) is 1. The van der Waals surface area contributed by atoms with E-state index in [1.165, 1.54) is 29.5 Å². The number of thiophene rings is 1. The molecule has 0 fully saturated rings. The first-order valence-corrected chi connectivity index (χ1v) is 14.0. The minimum atomic E-state index is 0.512. The predicted molar refractivity (Wildman–Crippen MR) is 162 cm³/mol. The molecule has 0 aliphatic heterocycles. The number of hydrogen-bond acceptors (Lipinski definition) is 10. The van der Waals surface area contributed by atoms with E-state index >= 15 is 0 Å². The zero-order valence-corrected chi connectivity index (χ0v) is 24.0. The summed E-state index contributed by atoms with van der Waals surface area (Å²) >= 11 is 1.77. The van der Waals surface area contributed by atoms with Crippen molar-refractivity contribution in [3.8, 4) is 5.75 Å². The maximum atomic E-state index is 10.8. The highest BCUT2D eigenvalue weighted by atomic mass is 32.1. The van der Waals surface area contributed by atoms with Crippen LogP contribution in [0.4, 0.5) is 17.2 Å². The van der Waals surface area contributed by atoms with Gasteiger partial charge in [0.05, 0.1) is 18.2 Å². The first-order valence-electron chi connectivity index (χ1n) is 13.2. The first kappa shape index (κ1) is 28.9. The Balaban J connectivity index is 0.000000212. The number of nitrogens with one attached hydrogen (secondary N) is 2. The minimum absolute atomic E-state index is 0.512. The monoisotopic (exact) mass is 560 g/mol. The van der Waals surface area contributed by atoms with Crippen molar-refractivity contribution < 1.29 is 9.53 Å². The van der Waals surface area contributed by atoms with Crippen LogP contribution >= 0.6 is 11.3 Å². The number of carbonyl (C=O) groups is 1. The lowest BCUT2D eigenvalue weighted by Gasteiger charge is -2.19. The molecule has 0 saturated heterocycles. The van der Waals surface area contributed by atoms with Gasteiger partial charge in [0.15, 0.2) is 0 Å². The van der Waals surface area contributed by atoms with E-state index in [4.69, 9.17) is 15.9 Å². The zero-order chi connectivity index (χ0) is 28.5. The van der Waals surface area contributed by atoms with Crippen molar-refractivity contribution in [2.24, 2.45) is 0 Å². The summed E-state index contributed by atoms with van der Waals surface area (Å²) in [5.41, 5.74) is 10.3. The summed E-state index contributed by atoms with van der Waals surface area (Å²) in [5.74, 6) is 1.40. The lowest BCUT2D eigenvalue weighted by Crippen LogP contribution is -2.30. The summed E-state index contributed by atoms with van der Waals surface area (Å²) in [6, 6.07) is 7.39. The van der Waals surface area contributed by atoms with Crippen molar-refractivity contribution >= 4 is 51.4 Å². The number of nitrogens with two attached hydrogens (primary N) is 1. The van der Waals surface area contributed by atoms with Crippen LogP contribution in [0.1, 0.15) is 34.4 Å². The van der Waals surface area contributed by atoms with E-state index in [1.807, 2.05) is 32.3 Å². The maximum Gasteiger partial charge on any atom is 0.210 e. The molecule has 1 aliphatic carbocycles. The van der Waals surface area contributed by atoms with Gasteiger partial charge in [0.2, 0.25) is 6.41 Å². The third-order valence-corrected chi connectivity index (χ3v) is 7.88. The maximum absolute atomic E-state index is 10.8. The summed E-state index contributed by atoms with van der Waals surface area (Å²) < 4.78 is 5.45. The van der Waals surface area contributed by atoms with Gasteiger partial charge in [-0.3, -0.25) is 9.78 Å². The largest absolute Gasteiger partial charge is 0.494 e. The van der Waals surface area contributed by atoms with Gasteiger partial charge in [0.25, 0.3) is 0 Å². The van der Waals surface area contributed by atoms with Gasteiger partial charge in [-0.2, -0.15) is 0 Å². The van der Waals surface area contributed by atoms with E-state index in [-0.39, 0.29) is 0 Å². The van der Waals surface area contributed by atoms with E-state index in [2.05, 4.69) is 25.2 Å². The highest BCUT2D eigenvalue weighted by Crippen LogP contribution is 2.40. The van der Waals surface area contributed by atoms with Crippen molar-refractivity contribution in [3.63, 3.8) is 0 Å². The Hall–Kier alpha value is -4.09. The average molecular weight is 561 g/mol. The van der Waals surface area contributed by atoms with Crippen molar-refractivity contribution in [1.82, 2.24) is 24.8 Å². The Bertz CT molecular complexity index is 1440. The third-order valence-electron chi connectivity index (χ3n) is 6.68. The number of nitrogens with zero attached hydrogens (tertiary/aromatic N) is 5. The fourth-order valence-electron chi connectivity index (χ4n) is 4.54. The molecule has 11 heteroatoms. The number of amides is 1. The molecule has 0 unspecified atom stereocenters. The molecule has 0 bridgehead atoms. The molecule has 210 valence electrons. The number of hydrogen-bond donors (Lipinski definition) is 3. The highest BCUT2D eigenvalue weighted by molar-refractivity contribution is 7.19. The van der Waals surface area contributed by atoms with Crippen LogP contribution in [-0.2, 0) is 24.2 Å². The molecule has 1 aliphatic rings. The van der Waals surface area contributed by atoms with E-state index in [9.17, 15) is 4.79 Å². The molecule has 10 nitrogen and oxygen atoms in total. The molecule has 3 heterocycles. The number of rotatable bonds is 10. The van der Waals surface area contributed by atoms with Crippen molar-refractivity contribution in [2.45, 2.75) is 32.2 Å². The van der Waals surface area contributed by atoms with Gasteiger partial charge < -0.3 is 31.0 Å². The normalized spacial score (nSPS) is 12.3. The van der Waals surface area contributed by atoms with Crippen molar-refractivity contribution in [3.05, 3.63) is 64.6 Å². The van der Waals surface area contributed by atoms with E-state index in [0.717, 1.165) is 59.6 Å². The lowest BCUT2D eigenvalue weighted by molar-refractivity contribution is -0.118. The van der Waals surface area contributed by atoms with Gasteiger partial charge in [-0.15, -0.1) is 11.3 Å². The van der Waals surface area contributed by atoms with Crippen molar-refractivity contribution in [1.29, 1.82) is 5.41 Å². The second kappa shape index (κ2) is 13.8. The van der Waals surface area contributed by atoms with Crippen molar-refractivity contribution in [2.75, 3.05) is 45.3 Å². The van der Waals surface area contributed by atoms with Crippen LogP contribution in [0, 0.1) is 5.41 Å². The molecule has 40 heavy (non-hydrogen) atoms.